The van der Waals surface area contributed by atoms with E-state index in [-0.39, 0.29) is 18.8 Å². The molecular formula is C9H19NO2. The summed E-state index contributed by atoms with van der Waals surface area (Å²) in [7, 11) is 0. The quantitative estimate of drug-likeness (QED) is 0.571. The predicted molar refractivity (Wildman–Crippen MR) is 48.0 cm³/mol. The van der Waals surface area contributed by atoms with Crippen LogP contribution in [0.5, 0.6) is 0 Å². The summed E-state index contributed by atoms with van der Waals surface area (Å²) in [5.74, 6) is 0. The highest BCUT2D eigenvalue weighted by Gasteiger charge is 2.29. The zero-order valence-electron chi connectivity index (χ0n) is 7.55. The van der Waals surface area contributed by atoms with Gasteiger partial charge in [0.2, 0.25) is 0 Å². The van der Waals surface area contributed by atoms with Crippen molar-refractivity contribution < 1.29 is 10.2 Å². The largest absolute Gasteiger partial charge is 0.396 e. The summed E-state index contributed by atoms with van der Waals surface area (Å²) in [5, 5.41) is 21.2. The maximum absolute atomic E-state index is 8.89. The van der Waals surface area contributed by atoms with Gasteiger partial charge in [0, 0.05) is 18.8 Å². The fraction of sp³-hybridized carbons (Fsp3) is 1.00. The molecule has 1 aliphatic heterocycles. The van der Waals surface area contributed by atoms with E-state index >= 15 is 0 Å². The van der Waals surface area contributed by atoms with Gasteiger partial charge in [0.25, 0.3) is 0 Å². The van der Waals surface area contributed by atoms with Crippen LogP contribution in [-0.4, -0.2) is 35.5 Å². The van der Waals surface area contributed by atoms with E-state index in [4.69, 9.17) is 10.2 Å². The molecule has 1 saturated heterocycles. The SMILES string of the molecule is OCCC1(CCO)CCCCN1. The second-order valence-electron chi connectivity index (χ2n) is 3.61. The van der Waals surface area contributed by atoms with E-state index < -0.39 is 0 Å². The van der Waals surface area contributed by atoms with Crippen molar-refractivity contribution in [1.82, 2.24) is 5.32 Å². The molecule has 0 bridgehead atoms. The van der Waals surface area contributed by atoms with E-state index in [0.717, 1.165) is 25.8 Å². The highest BCUT2D eigenvalue weighted by Crippen LogP contribution is 2.25. The molecule has 0 aliphatic carbocycles. The van der Waals surface area contributed by atoms with E-state index in [0.29, 0.717) is 0 Å². The highest BCUT2D eigenvalue weighted by atomic mass is 16.3. The zero-order chi connectivity index (χ0) is 8.86. The Morgan fingerprint density at radius 2 is 1.75 bits per heavy atom. The third kappa shape index (κ3) is 2.44. The minimum absolute atomic E-state index is 0.0295. The molecular weight excluding hydrogens is 154 g/mol. The van der Waals surface area contributed by atoms with E-state index in [1.54, 1.807) is 0 Å². The second-order valence-corrected chi connectivity index (χ2v) is 3.61. The summed E-state index contributed by atoms with van der Waals surface area (Å²) in [6, 6.07) is 0. The molecule has 0 radical (unpaired) electrons. The van der Waals surface area contributed by atoms with Crippen LogP contribution in [0, 0.1) is 0 Å². The summed E-state index contributed by atoms with van der Waals surface area (Å²) in [6.45, 7) is 1.46. The van der Waals surface area contributed by atoms with E-state index in [2.05, 4.69) is 5.32 Å². The molecule has 1 heterocycles. The molecule has 0 unspecified atom stereocenters. The number of aliphatic hydroxyl groups is 2. The standard InChI is InChI=1S/C9H19NO2/c11-7-4-9(5-8-12)3-1-2-6-10-9/h10-12H,1-8H2. The van der Waals surface area contributed by atoms with Gasteiger partial charge < -0.3 is 15.5 Å². The first-order valence-corrected chi connectivity index (χ1v) is 4.80. The Bertz CT molecular complexity index is 106. The van der Waals surface area contributed by atoms with Crippen LogP contribution in [0.3, 0.4) is 0 Å². The predicted octanol–water partition coefficient (Wildman–Crippen LogP) is 0.263. The molecule has 0 spiro atoms. The topological polar surface area (TPSA) is 52.5 Å². The lowest BCUT2D eigenvalue weighted by atomic mass is 9.83. The van der Waals surface area contributed by atoms with Crippen molar-refractivity contribution >= 4 is 0 Å². The summed E-state index contributed by atoms with van der Waals surface area (Å²) >= 11 is 0. The molecule has 72 valence electrons. The Morgan fingerprint density at radius 3 is 2.17 bits per heavy atom. The zero-order valence-corrected chi connectivity index (χ0v) is 7.55. The van der Waals surface area contributed by atoms with Crippen molar-refractivity contribution in [2.75, 3.05) is 19.8 Å². The molecule has 0 aromatic rings. The van der Waals surface area contributed by atoms with Gasteiger partial charge in [0.1, 0.15) is 0 Å². The monoisotopic (exact) mass is 173 g/mol. The van der Waals surface area contributed by atoms with Crippen LogP contribution in [0.25, 0.3) is 0 Å². The van der Waals surface area contributed by atoms with Gasteiger partial charge in [-0.25, -0.2) is 0 Å². The minimum atomic E-state index is 0.0295. The van der Waals surface area contributed by atoms with Crippen molar-refractivity contribution in [2.24, 2.45) is 0 Å². The van der Waals surface area contributed by atoms with Crippen molar-refractivity contribution in [3.8, 4) is 0 Å². The van der Waals surface area contributed by atoms with Gasteiger partial charge in [0.15, 0.2) is 0 Å². The molecule has 0 aromatic heterocycles. The van der Waals surface area contributed by atoms with Crippen LogP contribution in [0.4, 0.5) is 0 Å². The average Bonchev–Trinajstić information content (AvgIpc) is 2.07. The van der Waals surface area contributed by atoms with Crippen LogP contribution in [0.2, 0.25) is 0 Å². The highest BCUT2D eigenvalue weighted by molar-refractivity contribution is 4.90. The number of hydrogen-bond acceptors (Lipinski definition) is 3. The Labute approximate surface area is 73.8 Å². The van der Waals surface area contributed by atoms with Gasteiger partial charge in [0.05, 0.1) is 0 Å². The Kier molecular flexibility index (Phi) is 3.98. The third-order valence-electron chi connectivity index (χ3n) is 2.76. The van der Waals surface area contributed by atoms with Crippen LogP contribution >= 0.6 is 0 Å². The third-order valence-corrected chi connectivity index (χ3v) is 2.76. The number of rotatable bonds is 4. The Hall–Kier alpha value is -0.120. The molecule has 12 heavy (non-hydrogen) atoms. The maximum atomic E-state index is 8.89. The molecule has 3 heteroatoms. The number of aliphatic hydroxyl groups excluding tert-OH is 2. The molecule has 1 fully saturated rings. The molecule has 3 N–H and O–H groups in total. The van der Waals surface area contributed by atoms with Gasteiger partial charge in [-0.2, -0.15) is 0 Å². The van der Waals surface area contributed by atoms with Gasteiger partial charge in [-0.3, -0.25) is 0 Å². The Morgan fingerprint density at radius 1 is 1.08 bits per heavy atom. The molecule has 3 nitrogen and oxygen atoms in total. The molecule has 0 amide bonds. The van der Waals surface area contributed by atoms with E-state index in [1.807, 2.05) is 0 Å². The van der Waals surface area contributed by atoms with Crippen LogP contribution in [0.1, 0.15) is 32.1 Å². The summed E-state index contributed by atoms with van der Waals surface area (Å²) < 4.78 is 0. The van der Waals surface area contributed by atoms with Crippen LogP contribution < -0.4 is 5.32 Å². The first kappa shape index (κ1) is 9.96. The second kappa shape index (κ2) is 4.80. The van der Waals surface area contributed by atoms with Crippen LogP contribution in [-0.2, 0) is 0 Å². The lowest BCUT2D eigenvalue weighted by Crippen LogP contribution is -2.49. The Balaban J connectivity index is 2.44. The van der Waals surface area contributed by atoms with Crippen LogP contribution in [0.15, 0.2) is 0 Å². The summed E-state index contributed by atoms with van der Waals surface area (Å²) in [5.41, 5.74) is 0.0295. The van der Waals surface area contributed by atoms with Gasteiger partial charge in [-0.15, -0.1) is 0 Å². The number of piperidine rings is 1. The van der Waals surface area contributed by atoms with E-state index in [9.17, 15) is 0 Å². The summed E-state index contributed by atoms with van der Waals surface area (Å²) in [4.78, 5) is 0. The van der Waals surface area contributed by atoms with Gasteiger partial charge >= 0.3 is 0 Å². The van der Waals surface area contributed by atoms with Gasteiger partial charge in [-0.05, 0) is 32.2 Å². The average molecular weight is 173 g/mol. The van der Waals surface area contributed by atoms with E-state index in [1.165, 1.54) is 12.8 Å². The minimum Gasteiger partial charge on any atom is -0.396 e. The first-order chi connectivity index (χ1) is 5.83. The lowest BCUT2D eigenvalue weighted by Gasteiger charge is -2.37. The molecule has 0 aromatic carbocycles. The molecule has 0 atom stereocenters. The van der Waals surface area contributed by atoms with Crippen molar-refractivity contribution in [3.63, 3.8) is 0 Å². The number of hydrogen-bond donors (Lipinski definition) is 3. The fourth-order valence-electron chi connectivity index (χ4n) is 2.01. The lowest BCUT2D eigenvalue weighted by molar-refractivity contribution is 0.138. The smallest absolute Gasteiger partial charge is 0.0448 e. The fourth-order valence-corrected chi connectivity index (χ4v) is 2.01. The molecule has 1 rings (SSSR count). The normalized spacial score (nSPS) is 22.5. The number of nitrogens with one attached hydrogen (secondary N) is 1. The maximum Gasteiger partial charge on any atom is 0.0448 e. The molecule has 0 saturated carbocycles. The van der Waals surface area contributed by atoms with Crippen molar-refractivity contribution in [1.29, 1.82) is 0 Å². The van der Waals surface area contributed by atoms with Crippen molar-refractivity contribution in [2.45, 2.75) is 37.6 Å². The van der Waals surface area contributed by atoms with Crippen molar-refractivity contribution in [3.05, 3.63) is 0 Å². The molecule has 1 aliphatic rings. The summed E-state index contributed by atoms with van der Waals surface area (Å²) in [6.07, 6.45) is 5.07. The first-order valence-electron chi connectivity index (χ1n) is 4.80. The van der Waals surface area contributed by atoms with Gasteiger partial charge in [-0.1, -0.05) is 6.42 Å².